The fourth-order valence-electron chi connectivity index (χ4n) is 3.15. The lowest BCUT2D eigenvalue weighted by atomic mass is 10.0. The van der Waals surface area contributed by atoms with Crippen molar-refractivity contribution in [1.29, 1.82) is 0 Å². The zero-order valence-corrected chi connectivity index (χ0v) is 17.4. The van der Waals surface area contributed by atoms with Gasteiger partial charge in [0.2, 0.25) is 15.9 Å². The second kappa shape index (κ2) is 8.83. The summed E-state index contributed by atoms with van der Waals surface area (Å²) in [6.07, 6.45) is 0.708. The van der Waals surface area contributed by atoms with Gasteiger partial charge in [-0.05, 0) is 56.4 Å². The van der Waals surface area contributed by atoms with Crippen LogP contribution in [0.5, 0.6) is 0 Å². The van der Waals surface area contributed by atoms with Crippen LogP contribution in [0, 0.1) is 27.7 Å². The van der Waals surface area contributed by atoms with E-state index in [1.54, 1.807) is 13.8 Å². The van der Waals surface area contributed by atoms with Gasteiger partial charge in [-0.1, -0.05) is 6.07 Å². The van der Waals surface area contributed by atoms with E-state index in [-0.39, 0.29) is 23.8 Å². The van der Waals surface area contributed by atoms with Crippen molar-refractivity contribution < 1.29 is 27.5 Å². The van der Waals surface area contributed by atoms with Crippen molar-refractivity contribution in [3.8, 4) is 0 Å². The maximum Gasteiger partial charge on any atom is 0.307 e. The van der Waals surface area contributed by atoms with Gasteiger partial charge in [-0.15, -0.1) is 0 Å². The van der Waals surface area contributed by atoms with Gasteiger partial charge in [0.25, 0.3) is 5.91 Å². The molecule has 8 nitrogen and oxygen atoms in total. The smallest absolute Gasteiger partial charge is 0.307 e. The predicted molar refractivity (Wildman–Crippen MR) is 102 cm³/mol. The molecule has 1 heterocycles. The molecular formula is C19H26N2O6S. The van der Waals surface area contributed by atoms with Crippen molar-refractivity contribution in [2.45, 2.75) is 51.9 Å². The second-order valence-electron chi connectivity index (χ2n) is 6.94. The molecule has 0 aromatic heterocycles. The van der Waals surface area contributed by atoms with E-state index in [4.69, 9.17) is 4.74 Å². The summed E-state index contributed by atoms with van der Waals surface area (Å²) >= 11 is 0. The molecule has 0 spiro atoms. The topological polar surface area (TPSA) is 110 Å². The van der Waals surface area contributed by atoms with Crippen molar-refractivity contribution in [3.05, 3.63) is 28.3 Å². The number of carbonyl (C=O) groups is 3. The first-order valence-corrected chi connectivity index (χ1v) is 10.6. The first kappa shape index (κ1) is 22.0. The Bertz CT molecular complexity index is 881. The quantitative estimate of drug-likeness (QED) is 0.678. The van der Waals surface area contributed by atoms with Crippen LogP contribution in [0.1, 0.15) is 41.5 Å². The van der Waals surface area contributed by atoms with Crippen LogP contribution in [0.4, 0.5) is 0 Å². The second-order valence-corrected chi connectivity index (χ2v) is 8.64. The Kier molecular flexibility index (Phi) is 6.95. The number of aryl methyl sites for hydroxylation is 2. The van der Waals surface area contributed by atoms with Crippen molar-refractivity contribution in [2.24, 2.45) is 0 Å². The molecule has 1 aromatic carbocycles. The first-order chi connectivity index (χ1) is 13.0. The number of ether oxygens (including phenoxy) is 1. The van der Waals surface area contributed by atoms with Gasteiger partial charge >= 0.3 is 5.97 Å². The van der Waals surface area contributed by atoms with Crippen molar-refractivity contribution in [1.82, 2.24) is 9.62 Å². The van der Waals surface area contributed by atoms with E-state index < -0.39 is 28.5 Å². The first-order valence-electron chi connectivity index (χ1n) is 9.10. The number of esters is 1. The highest BCUT2D eigenvalue weighted by molar-refractivity contribution is 7.89. The summed E-state index contributed by atoms with van der Waals surface area (Å²) in [5, 5.41) is 0. The monoisotopic (exact) mass is 410 g/mol. The molecule has 0 radical (unpaired) electrons. The Morgan fingerprint density at radius 2 is 1.75 bits per heavy atom. The number of hydrogen-bond acceptors (Lipinski definition) is 6. The molecular weight excluding hydrogens is 384 g/mol. The average Bonchev–Trinajstić information content (AvgIpc) is 3.04. The summed E-state index contributed by atoms with van der Waals surface area (Å²) in [5.41, 5.74) is 3.08. The summed E-state index contributed by atoms with van der Waals surface area (Å²) in [6.45, 7) is 6.85. The molecule has 1 aromatic rings. The largest absolute Gasteiger partial charge is 0.456 e. The Labute approximate surface area is 165 Å². The molecule has 0 saturated carbocycles. The highest BCUT2D eigenvalue weighted by Gasteiger charge is 2.27. The number of nitrogens with zero attached hydrogens (tertiary/aromatic N) is 1. The minimum Gasteiger partial charge on any atom is -0.456 e. The Morgan fingerprint density at radius 3 is 2.29 bits per heavy atom. The maximum atomic E-state index is 12.7. The third kappa shape index (κ3) is 4.96. The Hall–Kier alpha value is -2.26. The highest BCUT2D eigenvalue weighted by atomic mass is 32.2. The lowest BCUT2D eigenvalue weighted by Gasteiger charge is -2.16. The van der Waals surface area contributed by atoms with Gasteiger partial charge in [0.1, 0.15) is 0 Å². The number of imide groups is 1. The number of amides is 2. The zero-order chi connectivity index (χ0) is 21.1. The summed E-state index contributed by atoms with van der Waals surface area (Å²) in [4.78, 5) is 36.4. The van der Waals surface area contributed by atoms with Gasteiger partial charge in [-0.25, -0.2) is 13.1 Å². The number of rotatable bonds is 7. The van der Waals surface area contributed by atoms with Crippen molar-refractivity contribution in [3.63, 3.8) is 0 Å². The van der Waals surface area contributed by atoms with Gasteiger partial charge in [-0.2, -0.15) is 0 Å². The molecule has 154 valence electrons. The lowest BCUT2D eigenvalue weighted by molar-refractivity contribution is -0.154. The molecule has 2 amide bonds. The molecule has 1 aliphatic rings. The van der Waals surface area contributed by atoms with E-state index in [9.17, 15) is 22.8 Å². The van der Waals surface area contributed by atoms with E-state index in [1.807, 2.05) is 19.9 Å². The van der Waals surface area contributed by atoms with Crippen LogP contribution in [0.2, 0.25) is 0 Å². The minimum absolute atomic E-state index is 0.149. The summed E-state index contributed by atoms with van der Waals surface area (Å²) in [7, 11) is -3.79. The third-order valence-corrected chi connectivity index (χ3v) is 6.65. The van der Waals surface area contributed by atoms with Gasteiger partial charge in [-0.3, -0.25) is 19.3 Å². The fourth-order valence-corrected chi connectivity index (χ4v) is 4.79. The number of benzene rings is 1. The number of carbonyl (C=O) groups excluding carboxylic acids is 3. The van der Waals surface area contributed by atoms with E-state index in [1.165, 1.54) is 0 Å². The van der Waals surface area contributed by atoms with Gasteiger partial charge in [0.15, 0.2) is 6.61 Å². The number of likely N-dealkylation sites (tertiary alicyclic amines) is 1. The van der Waals surface area contributed by atoms with E-state index >= 15 is 0 Å². The Morgan fingerprint density at radius 1 is 1.14 bits per heavy atom. The lowest BCUT2D eigenvalue weighted by Crippen LogP contribution is -2.35. The predicted octanol–water partition coefficient (Wildman–Crippen LogP) is 1.28. The standard InChI is InChI=1S/C19H26N2O6S/c1-12-10-13(2)15(4)19(14(12)3)28(25,26)20-8-7-18(24)27-11-17(23)21-9-5-6-16(21)22/h10,20H,5-9,11H2,1-4H3. The summed E-state index contributed by atoms with van der Waals surface area (Å²) < 4.78 is 32.6. The summed E-state index contributed by atoms with van der Waals surface area (Å²) in [6, 6.07) is 1.93. The van der Waals surface area contributed by atoms with Crippen molar-refractivity contribution >= 4 is 27.8 Å². The molecule has 1 N–H and O–H groups in total. The van der Waals surface area contributed by atoms with E-state index in [0.29, 0.717) is 30.5 Å². The highest BCUT2D eigenvalue weighted by Crippen LogP contribution is 2.25. The van der Waals surface area contributed by atoms with Gasteiger partial charge in [0, 0.05) is 19.5 Å². The number of nitrogens with one attached hydrogen (secondary N) is 1. The van der Waals surface area contributed by atoms with Crippen molar-refractivity contribution in [2.75, 3.05) is 19.7 Å². The molecule has 1 saturated heterocycles. The Balaban J connectivity index is 1.89. The molecule has 9 heteroatoms. The van der Waals surface area contributed by atoms with Gasteiger partial charge < -0.3 is 4.74 Å². The van der Waals surface area contributed by atoms with Crippen LogP contribution in [0.25, 0.3) is 0 Å². The van der Waals surface area contributed by atoms with E-state index in [2.05, 4.69) is 4.72 Å². The summed E-state index contributed by atoms with van der Waals surface area (Å²) in [5.74, 6) is -1.54. The van der Waals surface area contributed by atoms with Crippen LogP contribution in [-0.2, 0) is 29.1 Å². The zero-order valence-electron chi connectivity index (χ0n) is 16.6. The van der Waals surface area contributed by atoms with Gasteiger partial charge in [0.05, 0.1) is 11.3 Å². The average molecular weight is 410 g/mol. The van der Waals surface area contributed by atoms with Crippen LogP contribution < -0.4 is 4.72 Å². The molecule has 2 rings (SSSR count). The van der Waals surface area contributed by atoms with Crippen LogP contribution in [0.3, 0.4) is 0 Å². The molecule has 1 aliphatic heterocycles. The maximum absolute atomic E-state index is 12.7. The normalized spacial score (nSPS) is 14.4. The van der Waals surface area contributed by atoms with E-state index in [0.717, 1.165) is 16.0 Å². The fraction of sp³-hybridized carbons (Fsp3) is 0.526. The minimum atomic E-state index is -3.79. The van der Waals surface area contributed by atoms with Crippen LogP contribution in [0.15, 0.2) is 11.0 Å². The SMILES string of the molecule is Cc1cc(C)c(C)c(S(=O)(=O)NCCC(=O)OCC(=O)N2CCCC2=O)c1C. The molecule has 0 atom stereocenters. The molecule has 1 fully saturated rings. The van der Waals surface area contributed by atoms with Crippen LogP contribution >= 0.6 is 0 Å². The third-order valence-electron chi connectivity index (χ3n) is 4.92. The molecule has 0 aliphatic carbocycles. The molecule has 0 bridgehead atoms. The molecule has 28 heavy (non-hydrogen) atoms. The van der Waals surface area contributed by atoms with Crippen LogP contribution in [-0.4, -0.2) is 50.8 Å². The number of hydrogen-bond donors (Lipinski definition) is 1. The molecule has 0 unspecified atom stereocenters. The number of sulfonamides is 1.